The molecule has 61 heavy (non-hydrogen) atoms. The predicted octanol–water partition coefficient (Wildman–Crippen LogP) is 15.7. The van der Waals surface area contributed by atoms with Gasteiger partial charge in [-0.1, -0.05) is 164 Å². The maximum Gasteiger partial charge on any atom is 0.226 e. The van der Waals surface area contributed by atoms with Crippen LogP contribution < -0.4 is 0 Å². The molecule has 4 nitrogen and oxygen atoms in total. The van der Waals surface area contributed by atoms with Gasteiger partial charge in [-0.2, -0.15) is 9.97 Å². The summed E-state index contributed by atoms with van der Waals surface area (Å²) in [5, 5.41) is 7.71. The molecule has 0 atom stereocenters. The number of rotatable bonds is 6. The van der Waals surface area contributed by atoms with Crippen molar-refractivity contribution in [3.8, 4) is 67.3 Å². The van der Waals surface area contributed by atoms with Gasteiger partial charge in [0.25, 0.3) is 0 Å². The molecule has 0 radical (unpaired) electrons. The third-order valence-corrected chi connectivity index (χ3v) is 13.2. The van der Waals surface area contributed by atoms with Crippen molar-refractivity contribution in [2.45, 2.75) is 0 Å². The smallest absolute Gasteiger partial charge is 0.226 e. The van der Waals surface area contributed by atoms with E-state index in [4.69, 9.17) is 16.6 Å². The number of hydrogen-bond donors (Lipinski definition) is 1. The van der Waals surface area contributed by atoms with Gasteiger partial charge in [-0.3, -0.25) is 0 Å². The van der Waals surface area contributed by atoms with Gasteiger partial charge in [0.05, 0.1) is 5.52 Å². The van der Waals surface area contributed by atoms with E-state index >= 15 is 0 Å². The summed E-state index contributed by atoms with van der Waals surface area (Å²) in [5.74, 6) is 1.08. The van der Waals surface area contributed by atoms with E-state index in [-0.39, 0.29) is 5.28 Å². The molecule has 0 aliphatic rings. The fourth-order valence-corrected chi connectivity index (χ4v) is 10.1. The predicted molar refractivity (Wildman–Crippen MR) is 257 cm³/mol. The number of aromatic nitrogens is 4. The van der Waals surface area contributed by atoms with Crippen LogP contribution in [0.3, 0.4) is 0 Å². The van der Waals surface area contributed by atoms with E-state index in [1.807, 2.05) is 41.7 Å². The monoisotopic (exact) mass is 816 g/mol. The molecule has 0 unspecified atom stereocenters. The van der Waals surface area contributed by atoms with Crippen LogP contribution >= 0.6 is 22.9 Å². The molecule has 0 amide bonds. The van der Waals surface area contributed by atoms with Gasteiger partial charge in [0.2, 0.25) is 5.28 Å². The van der Waals surface area contributed by atoms with E-state index in [0.29, 0.717) is 11.6 Å². The zero-order chi connectivity index (χ0) is 40.4. The molecule has 3 heterocycles. The molecule has 12 rings (SSSR count). The van der Waals surface area contributed by atoms with E-state index in [9.17, 15) is 0 Å². The third-order valence-electron chi connectivity index (χ3n) is 11.8. The third kappa shape index (κ3) is 6.26. The summed E-state index contributed by atoms with van der Waals surface area (Å²) in [7, 11) is 0. The maximum atomic E-state index is 6.46. The highest BCUT2D eigenvalue weighted by molar-refractivity contribution is 7.26. The van der Waals surface area contributed by atoms with Crippen LogP contribution in [0.15, 0.2) is 194 Å². The molecular weight excluding hydrogens is 784 g/mol. The highest BCUT2D eigenvalue weighted by atomic mass is 35.5. The van der Waals surface area contributed by atoms with E-state index in [1.165, 1.54) is 69.5 Å². The largest absolute Gasteiger partial charge is 0.354 e. The number of fused-ring (bicyclic) bond motifs is 7. The number of para-hydroxylation sites is 1. The standard InChI is InChI=1S/C55H33ClN4S/c56-55-59-53(36-23-19-34(20-24-36)33-9-2-1-3-10-33)58-54(60-55)37-25-21-35(22-26-37)38-13-6-14-39(29-38)42-27-28-50-48(31-42)46-18-8-17-45(52(46)61-50)43-15-7-16-44-47-30-40-11-4-5-12-41(40)32-49(47)57-51(43)44/h1-32,57H. The van der Waals surface area contributed by atoms with Gasteiger partial charge in [-0.05, 0) is 86.1 Å². The number of nitrogens with one attached hydrogen (secondary N) is 1. The maximum absolute atomic E-state index is 6.46. The molecule has 9 aromatic carbocycles. The van der Waals surface area contributed by atoms with Crippen LogP contribution in [-0.2, 0) is 0 Å². The summed E-state index contributed by atoms with van der Waals surface area (Å²) in [6.07, 6.45) is 0. The molecular formula is C55H33ClN4S. The Labute approximate surface area is 360 Å². The van der Waals surface area contributed by atoms with Gasteiger partial charge in [0, 0.05) is 58.7 Å². The summed E-state index contributed by atoms with van der Waals surface area (Å²) < 4.78 is 2.58. The zero-order valence-electron chi connectivity index (χ0n) is 32.6. The Morgan fingerprint density at radius 2 is 0.918 bits per heavy atom. The number of hydrogen-bond acceptors (Lipinski definition) is 4. The topological polar surface area (TPSA) is 54.5 Å². The van der Waals surface area contributed by atoms with Crippen LogP contribution in [-0.4, -0.2) is 19.9 Å². The molecule has 286 valence electrons. The molecule has 0 aliphatic carbocycles. The van der Waals surface area contributed by atoms with Crippen LogP contribution in [0, 0.1) is 0 Å². The second kappa shape index (κ2) is 14.4. The first kappa shape index (κ1) is 35.5. The molecule has 0 saturated heterocycles. The average molecular weight is 817 g/mol. The molecule has 3 aromatic heterocycles. The van der Waals surface area contributed by atoms with Crippen molar-refractivity contribution in [1.29, 1.82) is 0 Å². The van der Waals surface area contributed by atoms with E-state index in [0.717, 1.165) is 38.9 Å². The molecule has 0 aliphatic heterocycles. The average Bonchev–Trinajstić information content (AvgIpc) is 3.89. The number of nitrogens with zero attached hydrogens (tertiary/aromatic N) is 3. The number of thiophene rings is 1. The first-order valence-electron chi connectivity index (χ1n) is 20.3. The molecule has 6 heteroatoms. The van der Waals surface area contributed by atoms with Gasteiger partial charge in [-0.25, -0.2) is 4.98 Å². The van der Waals surface area contributed by atoms with Gasteiger partial charge in [0.15, 0.2) is 11.6 Å². The Hall–Kier alpha value is -7.44. The number of halogens is 1. The summed E-state index contributed by atoms with van der Waals surface area (Å²) in [4.78, 5) is 17.6. The van der Waals surface area contributed by atoms with Gasteiger partial charge < -0.3 is 4.98 Å². The number of aromatic amines is 1. The van der Waals surface area contributed by atoms with E-state index in [2.05, 4.69) is 179 Å². The van der Waals surface area contributed by atoms with Crippen molar-refractivity contribution in [1.82, 2.24) is 19.9 Å². The lowest BCUT2D eigenvalue weighted by Gasteiger charge is -2.09. The van der Waals surface area contributed by atoms with Crippen LogP contribution in [0.4, 0.5) is 0 Å². The van der Waals surface area contributed by atoms with Crippen molar-refractivity contribution < 1.29 is 0 Å². The number of H-pyrrole nitrogens is 1. The first-order valence-corrected chi connectivity index (χ1v) is 21.5. The van der Waals surface area contributed by atoms with Gasteiger partial charge in [-0.15, -0.1) is 11.3 Å². The van der Waals surface area contributed by atoms with Crippen molar-refractivity contribution in [3.05, 3.63) is 199 Å². The quantitative estimate of drug-likeness (QED) is 0.182. The Balaban J connectivity index is 0.852. The van der Waals surface area contributed by atoms with E-state index in [1.54, 1.807) is 0 Å². The summed E-state index contributed by atoms with van der Waals surface area (Å²) in [6.45, 7) is 0. The highest BCUT2D eigenvalue weighted by Crippen LogP contribution is 2.44. The summed E-state index contributed by atoms with van der Waals surface area (Å²) >= 11 is 8.33. The van der Waals surface area contributed by atoms with Crippen LogP contribution in [0.2, 0.25) is 5.28 Å². The Morgan fingerprint density at radius 3 is 1.66 bits per heavy atom. The van der Waals surface area contributed by atoms with Crippen molar-refractivity contribution in [2.75, 3.05) is 0 Å². The van der Waals surface area contributed by atoms with Crippen molar-refractivity contribution >= 4 is 75.7 Å². The van der Waals surface area contributed by atoms with Crippen molar-refractivity contribution in [2.24, 2.45) is 0 Å². The minimum atomic E-state index is 0.163. The number of benzene rings is 9. The van der Waals surface area contributed by atoms with Crippen LogP contribution in [0.25, 0.3) is 120 Å². The molecule has 0 fully saturated rings. The summed E-state index contributed by atoms with van der Waals surface area (Å²) in [6, 6.07) is 69.1. The molecule has 0 bridgehead atoms. The Bertz CT molecular complexity index is 3650. The molecule has 0 saturated carbocycles. The second-order valence-corrected chi connectivity index (χ2v) is 16.8. The second-order valence-electron chi connectivity index (χ2n) is 15.4. The first-order chi connectivity index (χ1) is 30.1. The van der Waals surface area contributed by atoms with Gasteiger partial charge in [0.1, 0.15) is 0 Å². The van der Waals surface area contributed by atoms with E-state index < -0.39 is 0 Å². The lowest BCUT2D eigenvalue weighted by molar-refractivity contribution is 1.07. The van der Waals surface area contributed by atoms with Gasteiger partial charge >= 0.3 is 0 Å². The highest BCUT2D eigenvalue weighted by Gasteiger charge is 2.17. The Morgan fingerprint density at radius 1 is 0.377 bits per heavy atom. The van der Waals surface area contributed by atoms with Crippen LogP contribution in [0.1, 0.15) is 0 Å². The van der Waals surface area contributed by atoms with Crippen LogP contribution in [0.5, 0.6) is 0 Å². The fourth-order valence-electron chi connectivity index (χ4n) is 8.77. The SMILES string of the molecule is Clc1nc(-c2ccc(-c3ccccc3)cc2)nc(-c2ccc(-c3cccc(-c4ccc5sc6c(-c7cccc8c7[nH]c7cc9ccccc9cc78)cccc6c5c4)c3)cc2)n1. The normalized spacial score (nSPS) is 11.7. The minimum absolute atomic E-state index is 0.163. The fraction of sp³-hybridized carbons (Fsp3) is 0. The minimum Gasteiger partial charge on any atom is -0.354 e. The molecule has 0 spiro atoms. The zero-order valence-corrected chi connectivity index (χ0v) is 34.2. The Kier molecular flexibility index (Phi) is 8.37. The molecule has 1 N–H and O–H groups in total. The van der Waals surface area contributed by atoms with Crippen molar-refractivity contribution in [3.63, 3.8) is 0 Å². The lowest BCUT2D eigenvalue weighted by Crippen LogP contribution is -1.97. The lowest BCUT2D eigenvalue weighted by atomic mass is 9.96. The molecule has 12 aromatic rings. The summed E-state index contributed by atoms with van der Waals surface area (Å²) in [5.41, 5.74) is 13.4.